The smallest absolute Gasteiger partial charge is 0.394 e. The Bertz CT molecular complexity index is 294. The van der Waals surface area contributed by atoms with Gasteiger partial charge in [0.2, 0.25) is 0 Å². The fourth-order valence-corrected chi connectivity index (χ4v) is 1.44. The number of hydrogen-bond donors (Lipinski definition) is 5. The molecule has 1 saturated heterocycles. The molecule has 9 heteroatoms. The minimum absolute atomic E-state index is 0.630. The number of phosphoric ester groups is 1. The number of ether oxygens (including phenoxy) is 1. The Labute approximate surface area is 86.7 Å². The lowest BCUT2D eigenvalue weighted by molar-refractivity contribution is -0.0388. The van der Waals surface area contributed by atoms with Crippen LogP contribution in [0.3, 0.4) is 0 Å². The van der Waals surface area contributed by atoms with Crippen molar-refractivity contribution < 1.29 is 40.3 Å². The highest BCUT2D eigenvalue weighted by Gasteiger charge is 2.43. The van der Waals surface area contributed by atoms with Crippen molar-refractivity contribution in [3.8, 4) is 0 Å². The topological polar surface area (TPSA) is 137 Å². The van der Waals surface area contributed by atoms with E-state index in [2.05, 4.69) is 4.52 Å². The van der Waals surface area contributed by atoms with Gasteiger partial charge in [-0.3, -0.25) is 4.52 Å². The van der Waals surface area contributed by atoms with Crippen LogP contribution in [0.25, 0.3) is 0 Å². The molecular formula is C6H13O8P. The lowest BCUT2D eigenvalue weighted by atomic mass is 10.1. The van der Waals surface area contributed by atoms with Crippen molar-refractivity contribution in [3.63, 3.8) is 0 Å². The Hall–Kier alpha value is -0.0500. The van der Waals surface area contributed by atoms with Crippen LogP contribution in [-0.2, 0) is 13.8 Å². The van der Waals surface area contributed by atoms with Gasteiger partial charge in [0.1, 0.15) is 24.4 Å². The zero-order valence-corrected chi connectivity index (χ0v) is 8.45. The monoisotopic (exact) mass is 246 g/mol. The van der Waals surface area contributed by atoms with Gasteiger partial charge < -0.3 is 29.8 Å². The average Bonchev–Trinajstić information content (AvgIpc) is 2.40. The first-order valence-corrected chi connectivity index (χ1v) is 5.57. The Morgan fingerprint density at radius 2 is 2.00 bits per heavy atom. The summed E-state index contributed by atoms with van der Waals surface area (Å²) in [4.78, 5) is 16.8. The summed E-state index contributed by atoms with van der Waals surface area (Å²) in [6.07, 6.45) is -6.64. The van der Waals surface area contributed by atoms with Crippen LogP contribution in [0.5, 0.6) is 0 Å². The number of aliphatic hydroxyl groups excluding tert-OH is 3. The van der Waals surface area contributed by atoms with E-state index in [-0.39, 0.29) is 0 Å². The molecule has 0 aromatic rings. The molecule has 1 aliphatic heterocycles. The lowest BCUT2D eigenvalue weighted by Gasteiger charge is -2.14. The first-order chi connectivity index (χ1) is 7.19. The second-order valence-corrected chi connectivity index (χ2v) is 4.24. The number of hydrogen-bond acceptors (Lipinski definition) is 6. The SMILES string of the molecule is [3H][C@]1(COP(=O)(O)O)O[C@@H](CO)[C@H](O)[C@@H]1O. The molecule has 5 N–H and O–H groups in total. The molecule has 90 valence electrons. The van der Waals surface area contributed by atoms with Crippen LogP contribution >= 0.6 is 7.82 Å². The Balaban J connectivity index is 2.67. The zero-order chi connectivity index (χ0) is 12.6. The van der Waals surface area contributed by atoms with Gasteiger partial charge in [0.25, 0.3) is 0 Å². The molecule has 0 aromatic carbocycles. The van der Waals surface area contributed by atoms with Gasteiger partial charge in [0, 0.05) is 0 Å². The molecule has 8 nitrogen and oxygen atoms in total. The summed E-state index contributed by atoms with van der Waals surface area (Å²) >= 11 is 0. The van der Waals surface area contributed by atoms with Crippen LogP contribution in [0.1, 0.15) is 1.37 Å². The largest absolute Gasteiger partial charge is 0.469 e. The Morgan fingerprint density at radius 3 is 2.40 bits per heavy atom. The second-order valence-electron chi connectivity index (χ2n) is 3.00. The van der Waals surface area contributed by atoms with Crippen LogP contribution in [0.2, 0.25) is 0 Å². The number of phosphoric acid groups is 1. The first kappa shape index (κ1) is 11.4. The third-order valence-corrected chi connectivity index (χ3v) is 2.36. The molecule has 0 unspecified atom stereocenters. The van der Waals surface area contributed by atoms with Crippen molar-refractivity contribution in [3.05, 3.63) is 0 Å². The predicted molar refractivity (Wildman–Crippen MR) is 45.8 cm³/mol. The van der Waals surface area contributed by atoms with Crippen LogP contribution in [0.15, 0.2) is 0 Å². The summed E-state index contributed by atoms with van der Waals surface area (Å²) in [5.41, 5.74) is 0. The standard InChI is InChI=1S/C6H13O8P/c7-1-3-5(8)6(9)4(14-3)2-13-15(10,11)12/h3-9H,1-2H2,(H2,10,11,12)/t3-,4+,5-,6+/m0/s1/i4T. The second kappa shape index (κ2) is 4.86. The predicted octanol–water partition coefficient (Wildman–Crippen LogP) is -2.42. The minimum atomic E-state index is -4.79. The van der Waals surface area contributed by atoms with E-state index in [1.807, 2.05) is 0 Å². The average molecular weight is 246 g/mol. The Kier molecular flexibility index (Phi) is 3.70. The molecule has 0 bridgehead atoms. The fraction of sp³-hybridized carbons (Fsp3) is 1.00. The number of aliphatic hydroxyl groups is 3. The third-order valence-electron chi connectivity index (χ3n) is 1.89. The van der Waals surface area contributed by atoms with Crippen LogP contribution in [0.4, 0.5) is 0 Å². The molecule has 0 aromatic heterocycles. The fourth-order valence-electron chi connectivity index (χ4n) is 1.14. The van der Waals surface area contributed by atoms with E-state index in [0.29, 0.717) is 0 Å². The van der Waals surface area contributed by atoms with Crippen molar-refractivity contribution in [1.29, 1.82) is 0 Å². The van der Waals surface area contributed by atoms with Crippen LogP contribution in [-0.4, -0.2) is 62.7 Å². The van der Waals surface area contributed by atoms with Gasteiger partial charge in [0.05, 0.1) is 14.6 Å². The molecule has 4 atom stereocenters. The van der Waals surface area contributed by atoms with Gasteiger partial charge in [-0.05, 0) is 0 Å². The van der Waals surface area contributed by atoms with Gasteiger partial charge in [0.15, 0.2) is 0 Å². The molecule has 1 heterocycles. The molecule has 1 rings (SSSR count). The summed E-state index contributed by atoms with van der Waals surface area (Å²) in [6, 6.07) is 0. The van der Waals surface area contributed by atoms with Gasteiger partial charge >= 0.3 is 7.82 Å². The molecule has 15 heavy (non-hydrogen) atoms. The van der Waals surface area contributed by atoms with Crippen LogP contribution in [0, 0.1) is 0 Å². The molecule has 1 fully saturated rings. The minimum Gasteiger partial charge on any atom is -0.394 e. The molecule has 1 aliphatic rings. The highest BCUT2D eigenvalue weighted by molar-refractivity contribution is 7.46. The third kappa shape index (κ3) is 3.47. The van der Waals surface area contributed by atoms with Gasteiger partial charge in [-0.15, -0.1) is 0 Å². The van der Waals surface area contributed by atoms with Crippen molar-refractivity contribution in [2.24, 2.45) is 0 Å². The molecule has 0 radical (unpaired) electrons. The number of rotatable bonds is 4. The van der Waals surface area contributed by atoms with Crippen molar-refractivity contribution in [2.45, 2.75) is 24.4 Å². The first-order valence-electron chi connectivity index (χ1n) is 4.54. The summed E-state index contributed by atoms with van der Waals surface area (Å²) in [7, 11) is -4.79. The van der Waals surface area contributed by atoms with E-state index in [0.717, 1.165) is 0 Å². The van der Waals surface area contributed by atoms with E-state index in [1.54, 1.807) is 0 Å². The van der Waals surface area contributed by atoms with Crippen molar-refractivity contribution in [1.82, 2.24) is 0 Å². The Morgan fingerprint density at radius 1 is 1.40 bits per heavy atom. The quantitative estimate of drug-likeness (QED) is 0.345. The van der Waals surface area contributed by atoms with Crippen LogP contribution < -0.4 is 0 Å². The summed E-state index contributed by atoms with van der Waals surface area (Å²) in [5.74, 6) is 0. The van der Waals surface area contributed by atoms with E-state index in [1.165, 1.54) is 0 Å². The highest BCUT2D eigenvalue weighted by atomic mass is 31.2. The maximum Gasteiger partial charge on any atom is 0.469 e. The normalized spacial score (nSPS) is 43.0. The molecule has 0 aliphatic carbocycles. The highest BCUT2D eigenvalue weighted by Crippen LogP contribution is 2.37. The maximum atomic E-state index is 10.4. The molecule has 0 saturated carbocycles. The van der Waals surface area contributed by atoms with E-state index in [4.69, 9.17) is 21.0 Å². The summed E-state index contributed by atoms with van der Waals surface area (Å²) < 4.78 is 26.7. The van der Waals surface area contributed by atoms with Gasteiger partial charge in [-0.1, -0.05) is 0 Å². The molecule has 0 amide bonds. The van der Waals surface area contributed by atoms with E-state index >= 15 is 0 Å². The van der Waals surface area contributed by atoms with Crippen molar-refractivity contribution in [2.75, 3.05) is 13.2 Å². The zero-order valence-electron chi connectivity index (χ0n) is 8.55. The maximum absolute atomic E-state index is 10.4. The summed E-state index contributed by atoms with van der Waals surface area (Å²) in [5, 5.41) is 27.5. The van der Waals surface area contributed by atoms with Crippen molar-refractivity contribution >= 4 is 7.82 Å². The van der Waals surface area contributed by atoms with Gasteiger partial charge in [-0.25, -0.2) is 4.57 Å². The lowest BCUT2D eigenvalue weighted by Crippen LogP contribution is -2.35. The molecule has 0 spiro atoms. The van der Waals surface area contributed by atoms with E-state index in [9.17, 15) is 14.8 Å². The van der Waals surface area contributed by atoms with E-state index < -0.39 is 45.4 Å². The molecular weight excluding hydrogens is 231 g/mol. The van der Waals surface area contributed by atoms with Gasteiger partial charge in [-0.2, -0.15) is 0 Å². The summed E-state index contributed by atoms with van der Waals surface area (Å²) in [6.45, 7) is -1.55.